The number of halogens is 1. The number of hydrogen-bond donors (Lipinski definition) is 2. The van der Waals surface area contributed by atoms with Crippen molar-refractivity contribution in [1.29, 1.82) is 0 Å². The fraction of sp³-hybridized carbons (Fsp3) is 0.333. The molecule has 0 aliphatic carbocycles. The van der Waals surface area contributed by atoms with Gasteiger partial charge < -0.3 is 15.8 Å². The SMILES string of the molecule is CCOc1ccc(CC(C)NCc2ccc(Cl)cc2)cc1N. The molecule has 2 rings (SSSR count). The van der Waals surface area contributed by atoms with Gasteiger partial charge in [0.1, 0.15) is 5.75 Å². The zero-order chi connectivity index (χ0) is 15.9. The largest absolute Gasteiger partial charge is 0.492 e. The minimum Gasteiger partial charge on any atom is -0.492 e. The van der Waals surface area contributed by atoms with Crippen molar-refractivity contribution in [2.24, 2.45) is 0 Å². The van der Waals surface area contributed by atoms with Crippen molar-refractivity contribution < 1.29 is 4.74 Å². The molecule has 0 radical (unpaired) electrons. The summed E-state index contributed by atoms with van der Waals surface area (Å²) < 4.78 is 5.46. The lowest BCUT2D eigenvalue weighted by Gasteiger charge is -2.15. The Kier molecular flexibility index (Phi) is 6.10. The van der Waals surface area contributed by atoms with Crippen molar-refractivity contribution in [2.75, 3.05) is 12.3 Å². The van der Waals surface area contributed by atoms with Crippen LogP contribution in [0.4, 0.5) is 5.69 Å². The van der Waals surface area contributed by atoms with Gasteiger partial charge in [-0.3, -0.25) is 0 Å². The van der Waals surface area contributed by atoms with Gasteiger partial charge in [-0.2, -0.15) is 0 Å². The summed E-state index contributed by atoms with van der Waals surface area (Å²) in [5.41, 5.74) is 9.13. The van der Waals surface area contributed by atoms with Crippen LogP contribution in [-0.2, 0) is 13.0 Å². The summed E-state index contributed by atoms with van der Waals surface area (Å²) in [5.74, 6) is 0.757. The molecule has 0 aliphatic heterocycles. The van der Waals surface area contributed by atoms with Gasteiger partial charge in [0.05, 0.1) is 12.3 Å². The fourth-order valence-electron chi connectivity index (χ4n) is 2.33. The molecule has 0 bridgehead atoms. The summed E-state index contributed by atoms with van der Waals surface area (Å²) >= 11 is 5.89. The predicted octanol–water partition coefficient (Wildman–Crippen LogP) is 4.04. The Balaban J connectivity index is 1.87. The Labute approximate surface area is 137 Å². The van der Waals surface area contributed by atoms with E-state index in [0.29, 0.717) is 18.3 Å². The molecule has 0 amide bonds. The van der Waals surface area contributed by atoms with Crippen molar-refractivity contribution in [3.63, 3.8) is 0 Å². The van der Waals surface area contributed by atoms with E-state index in [2.05, 4.69) is 18.3 Å². The van der Waals surface area contributed by atoms with Crippen LogP contribution in [-0.4, -0.2) is 12.6 Å². The van der Waals surface area contributed by atoms with Gasteiger partial charge in [-0.05, 0) is 55.7 Å². The molecule has 2 aromatic carbocycles. The topological polar surface area (TPSA) is 47.3 Å². The second-order valence-electron chi connectivity index (χ2n) is 5.42. The van der Waals surface area contributed by atoms with Crippen molar-refractivity contribution in [2.45, 2.75) is 32.9 Å². The maximum atomic E-state index is 6.00. The molecule has 4 heteroatoms. The van der Waals surface area contributed by atoms with Gasteiger partial charge in [0.2, 0.25) is 0 Å². The normalized spacial score (nSPS) is 12.1. The Morgan fingerprint density at radius 2 is 1.82 bits per heavy atom. The zero-order valence-corrected chi connectivity index (χ0v) is 13.9. The lowest BCUT2D eigenvalue weighted by molar-refractivity contribution is 0.342. The minimum atomic E-state index is 0.355. The van der Waals surface area contributed by atoms with Crippen molar-refractivity contribution in [1.82, 2.24) is 5.32 Å². The van der Waals surface area contributed by atoms with Crippen LogP contribution in [0.5, 0.6) is 5.75 Å². The summed E-state index contributed by atoms with van der Waals surface area (Å²) in [6, 6.07) is 14.3. The van der Waals surface area contributed by atoms with Crippen LogP contribution in [0.25, 0.3) is 0 Å². The Bertz CT molecular complexity index is 599. The Morgan fingerprint density at radius 3 is 2.45 bits per heavy atom. The van der Waals surface area contributed by atoms with E-state index in [1.54, 1.807) is 0 Å². The van der Waals surface area contributed by atoms with E-state index in [9.17, 15) is 0 Å². The molecule has 0 aliphatic rings. The number of ether oxygens (including phenoxy) is 1. The summed E-state index contributed by atoms with van der Waals surface area (Å²) in [5, 5.41) is 4.28. The highest BCUT2D eigenvalue weighted by molar-refractivity contribution is 6.30. The third kappa shape index (κ3) is 4.93. The van der Waals surface area contributed by atoms with E-state index >= 15 is 0 Å². The van der Waals surface area contributed by atoms with Crippen LogP contribution in [0.1, 0.15) is 25.0 Å². The second-order valence-corrected chi connectivity index (χ2v) is 5.85. The third-order valence-corrected chi connectivity index (χ3v) is 3.74. The van der Waals surface area contributed by atoms with E-state index in [1.165, 1.54) is 11.1 Å². The van der Waals surface area contributed by atoms with Crippen molar-refractivity contribution in [3.8, 4) is 5.75 Å². The van der Waals surface area contributed by atoms with Gasteiger partial charge in [0, 0.05) is 17.6 Å². The number of benzene rings is 2. The molecule has 0 saturated carbocycles. The maximum Gasteiger partial charge on any atom is 0.142 e. The monoisotopic (exact) mass is 318 g/mol. The van der Waals surface area contributed by atoms with Gasteiger partial charge in [-0.25, -0.2) is 0 Å². The molecule has 1 atom stereocenters. The van der Waals surface area contributed by atoms with Gasteiger partial charge in [0.15, 0.2) is 0 Å². The molecule has 0 heterocycles. The lowest BCUT2D eigenvalue weighted by atomic mass is 10.1. The van der Waals surface area contributed by atoms with E-state index in [4.69, 9.17) is 22.1 Å². The predicted molar refractivity (Wildman–Crippen MR) is 93.5 cm³/mol. The molecular formula is C18H23ClN2O. The molecule has 3 N–H and O–H groups in total. The summed E-state index contributed by atoms with van der Waals surface area (Å²) in [6.07, 6.45) is 0.921. The number of nitrogens with one attached hydrogen (secondary N) is 1. The first-order valence-electron chi connectivity index (χ1n) is 7.57. The third-order valence-electron chi connectivity index (χ3n) is 3.48. The molecule has 3 nitrogen and oxygen atoms in total. The van der Waals surface area contributed by atoms with E-state index < -0.39 is 0 Å². The molecule has 0 saturated heterocycles. The number of rotatable bonds is 7. The summed E-state index contributed by atoms with van der Waals surface area (Å²) in [4.78, 5) is 0. The standard InChI is InChI=1S/C18H23ClN2O/c1-3-22-18-9-6-15(11-17(18)20)10-13(2)21-12-14-4-7-16(19)8-5-14/h4-9,11,13,21H,3,10,12,20H2,1-2H3. The Morgan fingerprint density at radius 1 is 1.14 bits per heavy atom. The fourth-order valence-corrected chi connectivity index (χ4v) is 2.46. The van der Waals surface area contributed by atoms with Crippen LogP contribution in [0.2, 0.25) is 5.02 Å². The van der Waals surface area contributed by atoms with Gasteiger partial charge in [-0.15, -0.1) is 0 Å². The van der Waals surface area contributed by atoms with Crippen LogP contribution >= 0.6 is 11.6 Å². The highest BCUT2D eigenvalue weighted by atomic mass is 35.5. The molecule has 1 unspecified atom stereocenters. The molecule has 0 aromatic heterocycles. The van der Waals surface area contributed by atoms with E-state index in [1.807, 2.05) is 43.3 Å². The molecule has 118 valence electrons. The second kappa shape index (κ2) is 8.06. The quantitative estimate of drug-likeness (QED) is 0.757. The highest BCUT2D eigenvalue weighted by Crippen LogP contribution is 2.23. The van der Waals surface area contributed by atoms with Gasteiger partial charge >= 0.3 is 0 Å². The molecule has 2 aromatic rings. The average Bonchev–Trinajstić information content (AvgIpc) is 2.50. The van der Waals surface area contributed by atoms with E-state index in [-0.39, 0.29) is 0 Å². The molecule has 0 fully saturated rings. The van der Waals surface area contributed by atoms with Crippen molar-refractivity contribution in [3.05, 3.63) is 58.6 Å². The first-order chi connectivity index (χ1) is 10.6. The molecule has 22 heavy (non-hydrogen) atoms. The number of hydrogen-bond acceptors (Lipinski definition) is 3. The smallest absolute Gasteiger partial charge is 0.142 e. The number of nitrogen functional groups attached to an aromatic ring is 1. The first kappa shape index (κ1) is 16.7. The number of anilines is 1. The molecular weight excluding hydrogens is 296 g/mol. The lowest BCUT2D eigenvalue weighted by Crippen LogP contribution is -2.27. The van der Waals surface area contributed by atoms with E-state index in [0.717, 1.165) is 23.7 Å². The summed E-state index contributed by atoms with van der Waals surface area (Å²) in [7, 11) is 0. The first-order valence-corrected chi connectivity index (χ1v) is 7.95. The molecule has 0 spiro atoms. The minimum absolute atomic E-state index is 0.355. The van der Waals surface area contributed by atoms with Gasteiger partial charge in [0.25, 0.3) is 0 Å². The maximum absolute atomic E-state index is 6.00. The van der Waals surface area contributed by atoms with Crippen LogP contribution in [0.15, 0.2) is 42.5 Å². The summed E-state index contributed by atoms with van der Waals surface area (Å²) in [6.45, 7) is 5.58. The Hall–Kier alpha value is -1.71. The van der Waals surface area contributed by atoms with Crippen LogP contribution in [0.3, 0.4) is 0 Å². The highest BCUT2D eigenvalue weighted by Gasteiger charge is 2.06. The zero-order valence-electron chi connectivity index (χ0n) is 13.1. The van der Waals surface area contributed by atoms with Crippen molar-refractivity contribution >= 4 is 17.3 Å². The van der Waals surface area contributed by atoms with Crippen LogP contribution in [0, 0.1) is 0 Å². The van der Waals surface area contributed by atoms with Gasteiger partial charge in [-0.1, -0.05) is 29.8 Å². The number of nitrogens with two attached hydrogens (primary N) is 1. The van der Waals surface area contributed by atoms with Crippen LogP contribution < -0.4 is 15.8 Å². The average molecular weight is 319 g/mol.